The summed E-state index contributed by atoms with van der Waals surface area (Å²) in [6.45, 7) is 6.54. The van der Waals surface area contributed by atoms with Crippen LogP contribution in [0.2, 0.25) is 0 Å². The molecule has 0 rings (SSSR count). The minimum atomic E-state index is -0.799. The lowest BCUT2D eigenvalue weighted by atomic mass is 10.0. The average molecular weight is 1120 g/mol. The minimum Gasteiger partial charge on any atom is -0.462 e. The summed E-state index contributed by atoms with van der Waals surface area (Å²) in [7, 11) is 0. The fraction of sp³-hybridized carbons (Fsp3) is 0.797. The van der Waals surface area contributed by atoms with Crippen LogP contribution in [0.25, 0.3) is 0 Å². The third kappa shape index (κ3) is 65.7. The molecule has 0 bridgehead atoms. The van der Waals surface area contributed by atoms with Gasteiger partial charge in [0.15, 0.2) is 6.10 Å². The Bertz CT molecular complexity index is 1470. The predicted octanol–water partition coefficient (Wildman–Crippen LogP) is 24.1. The molecule has 0 aromatic carbocycles. The Morgan fingerprint density at radius 2 is 0.500 bits per heavy atom. The van der Waals surface area contributed by atoms with Crippen LogP contribution in [0, 0.1) is 0 Å². The van der Waals surface area contributed by atoms with E-state index in [1.54, 1.807) is 0 Å². The highest BCUT2D eigenvalue weighted by molar-refractivity contribution is 5.71. The number of esters is 3. The number of rotatable bonds is 64. The van der Waals surface area contributed by atoms with E-state index >= 15 is 0 Å². The maximum Gasteiger partial charge on any atom is 0.306 e. The van der Waals surface area contributed by atoms with Crippen molar-refractivity contribution in [2.24, 2.45) is 0 Å². The molecule has 0 aliphatic carbocycles. The van der Waals surface area contributed by atoms with E-state index in [0.29, 0.717) is 19.3 Å². The number of allylic oxidation sites excluding steroid dienone is 12. The van der Waals surface area contributed by atoms with Gasteiger partial charge in [0.2, 0.25) is 0 Å². The van der Waals surface area contributed by atoms with Crippen LogP contribution < -0.4 is 0 Å². The molecular weight excluding hydrogens is 985 g/mol. The molecule has 1 atom stereocenters. The number of unbranched alkanes of at least 4 members (excludes halogenated alkanes) is 41. The Kier molecular flexibility index (Phi) is 65.7. The molecule has 0 heterocycles. The lowest BCUT2D eigenvalue weighted by Crippen LogP contribution is -2.30. The Balaban J connectivity index is 4.37. The quantitative estimate of drug-likeness (QED) is 0.0261. The molecule has 0 N–H and O–H groups in total. The van der Waals surface area contributed by atoms with Gasteiger partial charge in [-0.25, -0.2) is 0 Å². The second-order valence-corrected chi connectivity index (χ2v) is 23.4. The number of ether oxygens (including phenoxy) is 3. The van der Waals surface area contributed by atoms with Gasteiger partial charge < -0.3 is 14.2 Å². The normalized spacial score (nSPS) is 12.5. The summed E-state index contributed by atoms with van der Waals surface area (Å²) < 4.78 is 16.9. The highest BCUT2D eigenvalue weighted by Gasteiger charge is 2.19. The van der Waals surface area contributed by atoms with E-state index in [1.807, 2.05) is 0 Å². The summed E-state index contributed by atoms with van der Waals surface area (Å²) in [5.41, 5.74) is 0. The molecule has 0 amide bonds. The molecule has 6 nitrogen and oxygen atoms in total. The zero-order valence-electron chi connectivity index (χ0n) is 53.3. The first-order valence-corrected chi connectivity index (χ1v) is 34.9. The fourth-order valence-corrected chi connectivity index (χ4v) is 10.2. The first-order valence-electron chi connectivity index (χ1n) is 34.9. The van der Waals surface area contributed by atoms with Crippen molar-refractivity contribution >= 4 is 17.9 Å². The van der Waals surface area contributed by atoms with Gasteiger partial charge in [-0.05, 0) is 83.5 Å². The number of hydrogen-bond acceptors (Lipinski definition) is 6. The van der Waals surface area contributed by atoms with Crippen LogP contribution in [-0.4, -0.2) is 37.2 Å². The summed E-state index contributed by atoms with van der Waals surface area (Å²) in [5.74, 6) is -0.930. The maximum absolute atomic E-state index is 13.0. The SMILES string of the molecule is CC/C=C\C/C=C\C/C=C\C/C=C\C/C=C\CCCC(=O)OCC(COC(=O)CCCCCCCCCCCCC/C=C\CCCCCCCCCC)OC(=O)CCCCCCCCCCCCCCCCCCCCCCCC. The minimum absolute atomic E-state index is 0.0900. The highest BCUT2D eigenvalue weighted by Crippen LogP contribution is 2.18. The van der Waals surface area contributed by atoms with Gasteiger partial charge in [-0.15, -0.1) is 0 Å². The number of carbonyl (C=O) groups is 3. The molecule has 0 fully saturated rings. The molecule has 0 radical (unpaired) electrons. The van der Waals surface area contributed by atoms with Crippen molar-refractivity contribution in [3.05, 3.63) is 72.9 Å². The topological polar surface area (TPSA) is 78.9 Å². The van der Waals surface area contributed by atoms with Crippen LogP contribution in [0.3, 0.4) is 0 Å². The van der Waals surface area contributed by atoms with Crippen molar-refractivity contribution in [3.63, 3.8) is 0 Å². The van der Waals surface area contributed by atoms with Crippen LogP contribution in [0.5, 0.6) is 0 Å². The van der Waals surface area contributed by atoms with Crippen LogP contribution in [0.15, 0.2) is 72.9 Å². The van der Waals surface area contributed by atoms with E-state index in [0.717, 1.165) is 77.0 Å². The van der Waals surface area contributed by atoms with Crippen molar-refractivity contribution < 1.29 is 28.6 Å². The van der Waals surface area contributed by atoms with E-state index in [1.165, 1.54) is 238 Å². The van der Waals surface area contributed by atoms with E-state index < -0.39 is 6.10 Å². The van der Waals surface area contributed by atoms with Gasteiger partial charge in [-0.2, -0.15) is 0 Å². The lowest BCUT2D eigenvalue weighted by molar-refractivity contribution is -0.167. The van der Waals surface area contributed by atoms with Gasteiger partial charge >= 0.3 is 17.9 Å². The van der Waals surface area contributed by atoms with E-state index in [4.69, 9.17) is 14.2 Å². The summed E-state index contributed by atoms with van der Waals surface area (Å²) in [5, 5.41) is 0. The standard InChI is InChI=1S/C74H132O6/c1-4-7-10-13-16-19-22-25-28-31-33-35-37-39-40-43-46-49-52-55-58-61-64-67-73(76)79-70-71(69-78-72(75)66-63-60-57-54-51-48-45-42-30-27-24-21-18-15-12-9-6-3)80-74(77)68-65-62-59-56-53-50-47-44-41-38-36-34-32-29-26-23-20-17-14-11-8-5-2/h9,12,18,21,27,30-31,33,45,48,54,57,71H,4-8,10-11,13-17,19-20,22-26,28-29,32,34-44,46-47,49-53,55-56,58-70H2,1-3H3/b12-9-,21-18-,30-27-,33-31-,48-45-,57-54-. The second-order valence-electron chi connectivity index (χ2n) is 23.4. The summed E-state index contributed by atoms with van der Waals surface area (Å²) >= 11 is 0. The summed E-state index contributed by atoms with van der Waals surface area (Å²) in [4.78, 5) is 38.4. The first kappa shape index (κ1) is 76.9. The molecular formula is C74H132O6. The van der Waals surface area contributed by atoms with Crippen LogP contribution in [0.4, 0.5) is 0 Å². The molecule has 0 spiro atoms. The van der Waals surface area contributed by atoms with Gasteiger partial charge in [0.05, 0.1) is 0 Å². The molecule has 0 aliphatic heterocycles. The monoisotopic (exact) mass is 1120 g/mol. The Morgan fingerprint density at radius 3 is 0.825 bits per heavy atom. The zero-order valence-corrected chi connectivity index (χ0v) is 53.3. The van der Waals surface area contributed by atoms with Crippen molar-refractivity contribution in [1.82, 2.24) is 0 Å². The Morgan fingerprint density at radius 1 is 0.263 bits per heavy atom. The largest absolute Gasteiger partial charge is 0.462 e. The fourth-order valence-electron chi connectivity index (χ4n) is 10.2. The van der Waals surface area contributed by atoms with Gasteiger partial charge in [-0.3, -0.25) is 14.4 Å². The molecule has 1 unspecified atom stereocenters. The van der Waals surface area contributed by atoms with Crippen molar-refractivity contribution in [2.75, 3.05) is 13.2 Å². The lowest BCUT2D eigenvalue weighted by Gasteiger charge is -2.18. The van der Waals surface area contributed by atoms with Crippen LogP contribution >= 0.6 is 0 Å². The zero-order chi connectivity index (χ0) is 57.8. The highest BCUT2D eigenvalue weighted by atomic mass is 16.6. The van der Waals surface area contributed by atoms with E-state index in [9.17, 15) is 14.4 Å². The molecule has 0 saturated heterocycles. The number of carbonyl (C=O) groups excluding carboxylic acids is 3. The molecule has 6 heteroatoms. The molecule has 0 aromatic heterocycles. The van der Waals surface area contributed by atoms with Crippen molar-refractivity contribution in [1.29, 1.82) is 0 Å². The molecule has 0 saturated carbocycles. The number of hydrogen-bond donors (Lipinski definition) is 0. The average Bonchev–Trinajstić information content (AvgIpc) is 3.46. The summed E-state index contributed by atoms with van der Waals surface area (Å²) in [6.07, 6.45) is 89.4. The van der Waals surface area contributed by atoms with Gasteiger partial charge in [0.1, 0.15) is 13.2 Å². The smallest absolute Gasteiger partial charge is 0.306 e. The van der Waals surface area contributed by atoms with Gasteiger partial charge in [-0.1, -0.05) is 331 Å². The molecule has 464 valence electrons. The predicted molar refractivity (Wildman–Crippen MR) is 348 cm³/mol. The van der Waals surface area contributed by atoms with Crippen molar-refractivity contribution in [3.8, 4) is 0 Å². The van der Waals surface area contributed by atoms with Crippen LogP contribution in [-0.2, 0) is 28.6 Å². The third-order valence-electron chi connectivity index (χ3n) is 15.4. The van der Waals surface area contributed by atoms with Crippen LogP contribution in [0.1, 0.15) is 361 Å². The van der Waals surface area contributed by atoms with E-state index in [-0.39, 0.29) is 37.5 Å². The van der Waals surface area contributed by atoms with Gasteiger partial charge in [0.25, 0.3) is 0 Å². The molecule has 0 aromatic rings. The summed E-state index contributed by atoms with van der Waals surface area (Å²) in [6, 6.07) is 0. The third-order valence-corrected chi connectivity index (χ3v) is 15.4. The maximum atomic E-state index is 13.0. The molecule has 80 heavy (non-hydrogen) atoms. The Labute approximate surface area is 497 Å². The Hall–Kier alpha value is -3.15. The van der Waals surface area contributed by atoms with Gasteiger partial charge in [0, 0.05) is 19.3 Å². The second kappa shape index (κ2) is 68.3. The van der Waals surface area contributed by atoms with E-state index in [2.05, 4.69) is 93.7 Å². The molecule has 0 aliphatic rings. The van der Waals surface area contributed by atoms with Crippen molar-refractivity contribution in [2.45, 2.75) is 367 Å². The first-order chi connectivity index (χ1) is 39.5.